The van der Waals surface area contributed by atoms with E-state index in [2.05, 4.69) is 20.6 Å². The summed E-state index contributed by atoms with van der Waals surface area (Å²) in [5.74, 6) is -0.664. The zero-order valence-corrected chi connectivity index (χ0v) is 15.7. The van der Waals surface area contributed by atoms with E-state index in [4.69, 9.17) is 0 Å². The Morgan fingerprint density at radius 1 is 0.964 bits per heavy atom. The Kier molecular flexibility index (Phi) is 4.35. The molecule has 0 spiro atoms. The maximum atomic E-state index is 13.3. The summed E-state index contributed by atoms with van der Waals surface area (Å²) in [4.78, 5) is 12.7. The SMILES string of the molecule is Cc1ccc(NC(=O)c2nnc3c(-c4ccc(F)cc4)c(C)nn3c2C)cc1. The Morgan fingerprint density at radius 3 is 2.32 bits per heavy atom. The number of nitrogens with one attached hydrogen (secondary N) is 1. The number of fused-ring (bicyclic) bond motifs is 1. The fourth-order valence-electron chi connectivity index (χ4n) is 3.10. The second-order valence-electron chi connectivity index (χ2n) is 6.66. The molecule has 2 heterocycles. The lowest BCUT2D eigenvalue weighted by Crippen LogP contribution is -2.18. The Labute approximate surface area is 161 Å². The highest BCUT2D eigenvalue weighted by Gasteiger charge is 2.20. The lowest BCUT2D eigenvalue weighted by molar-refractivity contribution is 0.102. The number of halogens is 1. The average Bonchev–Trinajstić information content (AvgIpc) is 3.01. The maximum Gasteiger partial charge on any atom is 0.278 e. The first-order valence-electron chi connectivity index (χ1n) is 8.80. The van der Waals surface area contributed by atoms with Crippen molar-refractivity contribution >= 4 is 17.2 Å². The highest BCUT2D eigenvalue weighted by Crippen LogP contribution is 2.28. The van der Waals surface area contributed by atoms with Crippen molar-refractivity contribution in [2.75, 3.05) is 5.32 Å². The van der Waals surface area contributed by atoms with Crippen LogP contribution in [0.5, 0.6) is 0 Å². The molecule has 0 unspecified atom stereocenters. The van der Waals surface area contributed by atoms with Gasteiger partial charge in [0.1, 0.15) is 5.82 Å². The van der Waals surface area contributed by atoms with Gasteiger partial charge in [-0.2, -0.15) is 5.10 Å². The first kappa shape index (κ1) is 17.8. The van der Waals surface area contributed by atoms with Crippen molar-refractivity contribution in [3.8, 4) is 11.1 Å². The predicted molar refractivity (Wildman–Crippen MR) is 105 cm³/mol. The molecule has 0 bridgehead atoms. The number of amides is 1. The summed E-state index contributed by atoms with van der Waals surface area (Å²) in [7, 11) is 0. The molecule has 2 aromatic heterocycles. The second-order valence-corrected chi connectivity index (χ2v) is 6.66. The lowest BCUT2D eigenvalue weighted by Gasteiger charge is -2.08. The van der Waals surface area contributed by atoms with Gasteiger partial charge < -0.3 is 5.32 Å². The van der Waals surface area contributed by atoms with E-state index in [0.717, 1.165) is 22.4 Å². The van der Waals surface area contributed by atoms with Crippen molar-refractivity contribution in [2.24, 2.45) is 0 Å². The number of carbonyl (C=O) groups is 1. The van der Waals surface area contributed by atoms with Crippen LogP contribution in [0, 0.1) is 26.6 Å². The van der Waals surface area contributed by atoms with E-state index in [-0.39, 0.29) is 17.4 Å². The highest BCUT2D eigenvalue weighted by molar-refractivity contribution is 6.03. The number of aryl methyl sites for hydroxylation is 3. The number of nitrogens with zero attached hydrogens (tertiary/aromatic N) is 4. The molecule has 1 N–H and O–H groups in total. The monoisotopic (exact) mass is 375 g/mol. The summed E-state index contributed by atoms with van der Waals surface area (Å²) >= 11 is 0. The first-order chi connectivity index (χ1) is 13.4. The molecule has 0 atom stereocenters. The topological polar surface area (TPSA) is 72.2 Å². The zero-order valence-electron chi connectivity index (χ0n) is 15.7. The normalized spacial score (nSPS) is 11.0. The van der Waals surface area contributed by atoms with Gasteiger partial charge in [0.15, 0.2) is 11.3 Å². The fourth-order valence-corrected chi connectivity index (χ4v) is 3.10. The fraction of sp³-hybridized carbons (Fsp3) is 0.143. The van der Waals surface area contributed by atoms with Crippen LogP contribution in [-0.2, 0) is 0 Å². The van der Waals surface area contributed by atoms with Crippen LogP contribution in [0.15, 0.2) is 48.5 Å². The molecule has 28 heavy (non-hydrogen) atoms. The quantitative estimate of drug-likeness (QED) is 0.585. The second kappa shape index (κ2) is 6.84. The van der Waals surface area contributed by atoms with Gasteiger partial charge in [0.25, 0.3) is 5.91 Å². The smallest absolute Gasteiger partial charge is 0.278 e. The molecule has 140 valence electrons. The first-order valence-corrected chi connectivity index (χ1v) is 8.80. The molecule has 0 aliphatic carbocycles. The Hall–Kier alpha value is -3.61. The maximum absolute atomic E-state index is 13.3. The number of aromatic nitrogens is 4. The van der Waals surface area contributed by atoms with Gasteiger partial charge in [-0.1, -0.05) is 29.8 Å². The zero-order chi connectivity index (χ0) is 19.8. The number of anilines is 1. The molecule has 7 heteroatoms. The van der Waals surface area contributed by atoms with Crippen LogP contribution in [0.4, 0.5) is 10.1 Å². The largest absolute Gasteiger partial charge is 0.321 e. The van der Waals surface area contributed by atoms with Gasteiger partial charge in [-0.15, -0.1) is 10.2 Å². The molecule has 0 aliphatic heterocycles. The highest BCUT2D eigenvalue weighted by atomic mass is 19.1. The number of carbonyl (C=O) groups excluding carboxylic acids is 1. The molecule has 2 aromatic carbocycles. The lowest BCUT2D eigenvalue weighted by atomic mass is 10.1. The molecule has 0 radical (unpaired) electrons. The van der Waals surface area contributed by atoms with Crippen LogP contribution in [0.3, 0.4) is 0 Å². The van der Waals surface area contributed by atoms with E-state index in [9.17, 15) is 9.18 Å². The third-order valence-electron chi connectivity index (χ3n) is 4.60. The van der Waals surface area contributed by atoms with Crippen LogP contribution < -0.4 is 5.32 Å². The van der Waals surface area contributed by atoms with Crippen LogP contribution in [0.2, 0.25) is 0 Å². The number of hydrogen-bond acceptors (Lipinski definition) is 4. The van der Waals surface area contributed by atoms with E-state index >= 15 is 0 Å². The van der Waals surface area contributed by atoms with E-state index in [0.29, 0.717) is 17.0 Å². The number of hydrogen-bond donors (Lipinski definition) is 1. The van der Waals surface area contributed by atoms with Crippen LogP contribution in [-0.4, -0.2) is 25.7 Å². The van der Waals surface area contributed by atoms with E-state index < -0.39 is 0 Å². The number of benzene rings is 2. The third kappa shape index (κ3) is 3.11. The van der Waals surface area contributed by atoms with Gasteiger partial charge in [-0.05, 0) is 50.6 Å². The van der Waals surface area contributed by atoms with Crippen LogP contribution in [0.1, 0.15) is 27.4 Å². The minimum absolute atomic E-state index is 0.196. The van der Waals surface area contributed by atoms with E-state index in [1.54, 1.807) is 23.6 Å². The van der Waals surface area contributed by atoms with Gasteiger partial charge in [-0.3, -0.25) is 4.79 Å². The Morgan fingerprint density at radius 2 is 1.64 bits per heavy atom. The standard InChI is InChI=1S/C21H18FN5O/c1-12-4-10-17(11-5-12)23-21(28)19-14(3)27-20(25-24-19)18(13(2)26-27)15-6-8-16(22)9-7-15/h4-11H,1-3H3,(H,23,28). The molecule has 0 saturated heterocycles. The molecular weight excluding hydrogens is 357 g/mol. The average molecular weight is 375 g/mol. The van der Waals surface area contributed by atoms with E-state index in [1.807, 2.05) is 38.1 Å². The van der Waals surface area contributed by atoms with Crippen LogP contribution >= 0.6 is 0 Å². The summed E-state index contributed by atoms with van der Waals surface area (Å²) in [5, 5.41) is 15.7. The summed E-state index contributed by atoms with van der Waals surface area (Å²) in [6.07, 6.45) is 0. The summed E-state index contributed by atoms with van der Waals surface area (Å²) in [5.41, 5.74) is 5.36. The molecule has 4 aromatic rings. The Bertz CT molecular complexity index is 1180. The Balaban J connectivity index is 1.74. The molecular formula is C21H18FN5O. The van der Waals surface area contributed by atoms with Crippen LogP contribution in [0.25, 0.3) is 16.8 Å². The molecule has 0 aliphatic rings. The molecule has 0 saturated carbocycles. The molecule has 1 amide bonds. The number of rotatable bonds is 3. The van der Waals surface area contributed by atoms with Gasteiger partial charge >= 0.3 is 0 Å². The van der Waals surface area contributed by atoms with Crippen molar-refractivity contribution in [1.82, 2.24) is 19.8 Å². The molecule has 4 rings (SSSR count). The van der Waals surface area contributed by atoms with Gasteiger partial charge in [-0.25, -0.2) is 8.91 Å². The molecule has 6 nitrogen and oxygen atoms in total. The van der Waals surface area contributed by atoms with Gasteiger partial charge in [0.2, 0.25) is 0 Å². The predicted octanol–water partition coefficient (Wildman–Crippen LogP) is 4.11. The minimum Gasteiger partial charge on any atom is -0.321 e. The van der Waals surface area contributed by atoms with Crippen molar-refractivity contribution in [1.29, 1.82) is 0 Å². The summed E-state index contributed by atoms with van der Waals surface area (Å²) in [6.45, 7) is 5.60. The van der Waals surface area contributed by atoms with Crippen molar-refractivity contribution in [2.45, 2.75) is 20.8 Å². The third-order valence-corrected chi connectivity index (χ3v) is 4.60. The van der Waals surface area contributed by atoms with Crippen molar-refractivity contribution in [3.63, 3.8) is 0 Å². The van der Waals surface area contributed by atoms with Crippen molar-refractivity contribution < 1.29 is 9.18 Å². The summed E-state index contributed by atoms with van der Waals surface area (Å²) in [6, 6.07) is 13.6. The van der Waals surface area contributed by atoms with Gasteiger partial charge in [0, 0.05) is 5.69 Å². The molecule has 0 fully saturated rings. The van der Waals surface area contributed by atoms with E-state index in [1.165, 1.54) is 12.1 Å². The van der Waals surface area contributed by atoms with Crippen molar-refractivity contribution in [3.05, 3.63) is 77.0 Å². The minimum atomic E-state index is -0.354. The summed E-state index contributed by atoms with van der Waals surface area (Å²) < 4.78 is 14.9. The van der Waals surface area contributed by atoms with Gasteiger partial charge in [0.05, 0.1) is 17.0 Å².